The van der Waals surface area contributed by atoms with Crippen LogP contribution >= 0.6 is 11.8 Å². The lowest BCUT2D eigenvalue weighted by atomic mass is 10.1. The minimum absolute atomic E-state index is 0.0839. The molecule has 0 aliphatic rings. The third kappa shape index (κ3) is 5.61. The fraction of sp³-hybridized carbons (Fsp3) is 0.217. The van der Waals surface area contributed by atoms with Gasteiger partial charge in [0.1, 0.15) is 0 Å². The number of anilines is 1. The Labute approximate surface area is 186 Å². The van der Waals surface area contributed by atoms with Crippen molar-refractivity contribution in [2.24, 2.45) is 0 Å². The van der Waals surface area contributed by atoms with Crippen LogP contribution in [0.5, 0.6) is 0 Å². The number of allylic oxidation sites excluding steroid dienone is 1. The number of benzene rings is 2. The van der Waals surface area contributed by atoms with Gasteiger partial charge >= 0.3 is 0 Å². The zero-order valence-corrected chi connectivity index (χ0v) is 18.6. The predicted octanol–water partition coefficient (Wildman–Crippen LogP) is 3.87. The number of hydrogen-bond donors (Lipinski definition) is 1. The first kappa shape index (κ1) is 22.3. The van der Waals surface area contributed by atoms with Gasteiger partial charge in [-0.25, -0.2) is 0 Å². The Morgan fingerprint density at radius 3 is 2.55 bits per heavy atom. The molecule has 0 unspecified atom stereocenters. The summed E-state index contributed by atoms with van der Waals surface area (Å²) in [7, 11) is 3.40. The average Bonchev–Trinajstić information content (AvgIpc) is 3.15. The zero-order chi connectivity index (χ0) is 22.4. The molecule has 0 radical (unpaired) electrons. The molecule has 0 saturated heterocycles. The molecule has 0 aliphatic heterocycles. The lowest BCUT2D eigenvalue weighted by molar-refractivity contribution is -0.113. The van der Waals surface area contributed by atoms with Crippen LogP contribution < -0.4 is 5.32 Å². The number of thioether (sulfide) groups is 1. The molecule has 0 atom stereocenters. The van der Waals surface area contributed by atoms with E-state index in [2.05, 4.69) is 28.2 Å². The van der Waals surface area contributed by atoms with Crippen LogP contribution in [0.25, 0.3) is 11.4 Å². The van der Waals surface area contributed by atoms with Gasteiger partial charge in [0.15, 0.2) is 11.0 Å². The maximum Gasteiger partial charge on any atom is 0.253 e. The average molecular weight is 436 g/mol. The minimum Gasteiger partial charge on any atom is -0.345 e. The van der Waals surface area contributed by atoms with Gasteiger partial charge in [-0.1, -0.05) is 41.6 Å². The number of amides is 2. The molecule has 0 spiro atoms. The summed E-state index contributed by atoms with van der Waals surface area (Å²) in [5.41, 5.74) is 3.31. The highest BCUT2D eigenvalue weighted by Gasteiger charge is 2.15. The topological polar surface area (TPSA) is 80.1 Å². The molecule has 2 aromatic carbocycles. The summed E-state index contributed by atoms with van der Waals surface area (Å²) in [4.78, 5) is 25.9. The first-order valence-corrected chi connectivity index (χ1v) is 10.7. The maximum absolute atomic E-state index is 12.4. The minimum atomic E-state index is -0.165. The third-order valence-electron chi connectivity index (χ3n) is 4.46. The maximum atomic E-state index is 12.4. The Morgan fingerprint density at radius 1 is 1.16 bits per heavy atom. The van der Waals surface area contributed by atoms with E-state index < -0.39 is 0 Å². The second-order valence-corrected chi connectivity index (χ2v) is 8.13. The second-order valence-electron chi connectivity index (χ2n) is 7.19. The van der Waals surface area contributed by atoms with Crippen LogP contribution in [0, 0.1) is 6.92 Å². The monoisotopic (exact) mass is 435 g/mol. The van der Waals surface area contributed by atoms with Crippen molar-refractivity contribution in [3.05, 3.63) is 72.3 Å². The van der Waals surface area contributed by atoms with Crippen LogP contribution in [0.4, 0.5) is 5.69 Å². The van der Waals surface area contributed by atoms with Gasteiger partial charge in [0.05, 0.1) is 5.75 Å². The van der Waals surface area contributed by atoms with E-state index in [0.29, 0.717) is 23.0 Å². The van der Waals surface area contributed by atoms with Gasteiger partial charge in [-0.05, 0) is 37.3 Å². The van der Waals surface area contributed by atoms with E-state index in [9.17, 15) is 9.59 Å². The van der Waals surface area contributed by atoms with Crippen LogP contribution in [0.15, 0.2) is 66.3 Å². The van der Waals surface area contributed by atoms with Crippen molar-refractivity contribution in [1.82, 2.24) is 19.7 Å². The number of carbonyl (C=O) groups excluding carboxylic acids is 2. The Balaban J connectivity index is 1.66. The lowest BCUT2D eigenvalue weighted by Gasteiger charge is -2.11. The molecule has 1 aromatic heterocycles. The zero-order valence-electron chi connectivity index (χ0n) is 17.8. The van der Waals surface area contributed by atoms with Crippen LogP contribution in [-0.2, 0) is 11.3 Å². The first-order valence-electron chi connectivity index (χ1n) is 9.74. The van der Waals surface area contributed by atoms with Gasteiger partial charge in [0, 0.05) is 37.5 Å². The fourth-order valence-corrected chi connectivity index (χ4v) is 3.72. The van der Waals surface area contributed by atoms with Gasteiger partial charge < -0.3 is 10.2 Å². The largest absolute Gasteiger partial charge is 0.345 e. The number of nitrogens with zero attached hydrogens (tertiary/aromatic N) is 4. The summed E-state index contributed by atoms with van der Waals surface area (Å²) in [6, 6.07) is 14.9. The highest BCUT2D eigenvalue weighted by molar-refractivity contribution is 7.99. The number of aromatic nitrogens is 3. The van der Waals surface area contributed by atoms with Crippen molar-refractivity contribution >= 4 is 29.3 Å². The quantitative estimate of drug-likeness (QED) is 0.429. The van der Waals surface area contributed by atoms with E-state index in [1.165, 1.54) is 16.7 Å². The molecular weight excluding hydrogens is 410 g/mol. The van der Waals surface area contributed by atoms with Crippen LogP contribution in [0.1, 0.15) is 15.9 Å². The van der Waals surface area contributed by atoms with Gasteiger partial charge in [-0.2, -0.15) is 0 Å². The number of nitrogens with one attached hydrogen (secondary N) is 1. The molecule has 3 aromatic rings. The van der Waals surface area contributed by atoms with Crippen molar-refractivity contribution in [2.75, 3.05) is 25.2 Å². The fourth-order valence-electron chi connectivity index (χ4n) is 2.97. The Bertz CT molecular complexity index is 1090. The third-order valence-corrected chi connectivity index (χ3v) is 5.43. The molecule has 1 heterocycles. The molecule has 0 aliphatic carbocycles. The van der Waals surface area contributed by atoms with Crippen LogP contribution in [0.2, 0.25) is 0 Å². The van der Waals surface area contributed by atoms with E-state index >= 15 is 0 Å². The van der Waals surface area contributed by atoms with E-state index in [1.54, 1.807) is 44.4 Å². The van der Waals surface area contributed by atoms with Crippen LogP contribution in [-0.4, -0.2) is 51.3 Å². The highest BCUT2D eigenvalue weighted by Crippen LogP contribution is 2.25. The summed E-state index contributed by atoms with van der Waals surface area (Å²) in [5, 5.41) is 12.1. The number of aryl methyl sites for hydroxylation is 1. The van der Waals surface area contributed by atoms with Crippen molar-refractivity contribution in [1.29, 1.82) is 0 Å². The molecule has 31 heavy (non-hydrogen) atoms. The summed E-state index contributed by atoms with van der Waals surface area (Å²) >= 11 is 1.31. The van der Waals surface area contributed by atoms with Crippen molar-refractivity contribution in [2.45, 2.75) is 18.6 Å². The number of carbonyl (C=O) groups is 2. The van der Waals surface area contributed by atoms with Crippen molar-refractivity contribution in [3.63, 3.8) is 0 Å². The first-order chi connectivity index (χ1) is 14.9. The number of hydrogen-bond acceptors (Lipinski definition) is 5. The SMILES string of the molecule is C=CCn1c(SCC(=O)Nc2ccc(C(=O)N(C)C)cc2)nnc1-c1cccc(C)c1. The molecule has 7 nitrogen and oxygen atoms in total. The Kier molecular flexibility index (Phi) is 7.25. The molecule has 2 amide bonds. The Morgan fingerprint density at radius 2 is 1.90 bits per heavy atom. The normalized spacial score (nSPS) is 10.5. The molecule has 8 heteroatoms. The molecule has 1 N–H and O–H groups in total. The van der Waals surface area contributed by atoms with E-state index in [1.807, 2.05) is 29.7 Å². The van der Waals surface area contributed by atoms with Crippen molar-refractivity contribution < 1.29 is 9.59 Å². The summed E-state index contributed by atoms with van der Waals surface area (Å²) in [6.07, 6.45) is 1.78. The molecule has 0 saturated carbocycles. The van der Waals surface area contributed by atoms with Gasteiger partial charge in [-0.15, -0.1) is 16.8 Å². The highest BCUT2D eigenvalue weighted by atomic mass is 32.2. The lowest BCUT2D eigenvalue weighted by Crippen LogP contribution is -2.21. The van der Waals surface area contributed by atoms with E-state index in [0.717, 1.165) is 17.0 Å². The van der Waals surface area contributed by atoms with Crippen LogP contribution in [0.3, 0.4) is 0 Å². The summed E-state index contributed by atoms with van der Waals surface area (Å²) < 4.78 is 1.95. The molecule has 3 rings (SSSR count). The summed E-state index contributed by atoms with van der Waals surface area (Å²) in [5.74, 6) is 0.676. The standard InChI is InChI=1S/C23H25N5O2S/c1-5-13-28-21(18-8-6-7-16(2)14-18)25-26-23(28)31-15-20(29)24-19-11-9-17(10-12-19)22(30)27(3)4/h5-12,14H,1,13,15H2,2-4H3,(H,24,29). The molecular formula is C23H25N5O2S. The molecule has 0 bridgehead atoms. The molecule has 160 valence electrons. The van der Waals surface area contributed by atoms with Gasteiger partial charge in [0.2, 0.25) is 5.91 Å². The summed E-state index contributed by atoms with van der Waals surface area (Å²) in [6.45, 7) is 6.39. The van der Waals surface area contributed by atoms with Gasteiger partial charge in [0.25, 0.3) is 5.91 Å². The molecule has 0 fully saturated rings. The number of rotatable bonds is 8. The van der Waals surface area contributed by atoms with Crippen molar-refractivity contribution in [3.8, 4) is 11.4 Å². The smallest absolute Gasteiger partial charge is 0.253 e. The van der Waals surface area contributed by atoms with E-state index in [-0.39, 0.29) is 17.6 Å². The Hall–Kier alpha value is -3.39. The predicted molar refractivity (Wildman–Crippen MR) is 124 cm³/mol. The second kappa shape index (κ2) is 10.1. The van der Waals surface area contributed by atoms with Gasteiger partial charge in [-0.3, -0.25) is 14.2 Å². The van der Waals surface area contributed by atoms with E-state index in [4.69, 9.17) is 0 Å².